The number of rotatable bonds is 3. The van der Waals surface area contributed by atoms with E-state index in [-0.39, 0.29) is 15.1 Å². The Labute approximate surface area is 135 Å². The molecule has 108 valence electrons. The molecule has 0 saturated carbocycles. The molecule has 8 heteroatoms. The Morgan fingerprint density at radius 2 is 1.65 bits per heavy atom. The predicted octanol–water partition coefficient (Wildman–Crippen LogP) is 3.98. The Morgan fingerprint density at radius 1 is 1.05 bits per heavy atom. The zero-order valence-corrected chi connectivity index (χ0v) is 13.4. The minimum atomic E-state index is -1.62. The number of nitrogens with zero attached hydrogens (tertiary/aromatic N) is 1. The lowest BCUT2D eigenvalue weighted by molar-refractivity contribution is -0.171. The number of anilines is 1. The average molecular weight is 357 g/mol. The lowest BCUT2D eigenvalue weighted by Gasteiger charge is -2.35. The first-order valence-electron chi connectivity index (χ1n) is 5.34. The number of hydrogen-bond acceptors (Lipinski definition) is 3. The van der Waals surface area contributed by atoms with Crippen molar-refractivity contribution in [3.8, 4) is 0 Å². The van der Waals surface area contributed by atoms with E-state index in [0.29, 0.717) is 10.7 Å². The first kappa shape index (κ1) is 15.9. The summed E-state index contributed by atoms with van der Waals surface area (Å²) in [4.78, 5) is 13.4. The fourth-order valence-electron chi connectivity index (χ4n) is 1.92. The van der Waals surface area contributed by atoms with E-state index in [1.54, 1.807) is 12.1 Å². The molecule has 1 aliphatic heterocycles. The Kier molecular flexibility index (Phi) is 4.54. The number of amides is 1. The second-order valence-electron chi connectivity index (χ2n) is 3.86. The van der Waals surface area contributed by atoms with Gasteiger partial charge in [-0.3, -0.25) is 4.79 Å². The summed E-state index contributed by atoms with van der Waals surface area (Å²) in [6.07, 6.45) is 0. The van der Waals surface area contributed by atoms with Crippen LogP contribution in [-0.2, 0) is 14.3 Å². The average Bonchev–Trinajstić information content (AvgIpc) is 2.63. The molecule has 0 radical (unpaired) electrons. The second kappa shape index (κ2) is 5.72. The van der Waals surface area contributed by atoms with Crippen LogP contribution < -0.4 is 4.90 Å². The van der Waals surface area contributed by atoms with Gasteiger partial charge in [0.25, 0.3) is 11.8 Å². The van der Waals surface area contributed by atoms with Crippen molar-refractivity contribution in [3.05, 3.63) is 38.3 Å². The van der Waals surface area contributed by atoms with Crippen molar-refractivity contribution in [2.45, 2.75) is 5.91 Å². The largest absolute Gasteiger partial charge is 0.331 e. The Hall–Kier alpha value is -0.490. The smallest absolute Gasteiger partial charge is 0.299 e. The van der Waals surface area contributed by atoms with Gasteiger partial charge in [0.15, 0.2) is 0 Å². The number of methoxy groups -OCH3 is 2. The maximum absolute atomic E-state index is 12.3. The number of halogens is 4. The molecule has 0 spiro atoms. The fraction of sp³-hybridized carbons (Fsp3) is 0.250. The van der Waals surface area contributed by atoms with E-state index in [1.807, 2.05) is 0 Å². The van der Waals surface area contributed by atoms with Crippen LogP contribution in [0.25, 0.3) is 0 Å². The molecule has 0 aromatic heterocycles. The molecule has 0 fully saturated rings. The van der Waals surface area contributed by atoms with E-state index in [1.165, 1.54) is 25.2 Å². The summed E-state index contributed by atoms with van der Waals surface area (Å²) < 4.78 is 10.5. The summed E-state index contributed by atoms with van der Waals surface area (Å²) in [5, 5.41) is 0.395. The van der Waals surface area contributed by atoms with Gasteiger partial charge in [-0.15, -0.1) is 0 Å². The summed E-state index contributed by atoms with van der Waals surface area (Å²) in [7, 11) is 2.69. The third kappa shape index (κ3) is 2.21. The minimum absolute atomic E-state index is 0.0553. The first-order valence-corrected chi connectivity index (χ1v) is 6.86. The number of benzene rings is 1. The SMILES string of the molecule is COC1(OC)C(Cl)=C(Cl)C(=O)N1c1ccc(Cl)c(Cl)c1. The summed E-state index contributed by atoms with van der Waals surface area (Å²) in [6.45, 7) is 0. The van der Waals surface area contributed by atoms with Crippen LogP contribution in [0, 0.1) is 0 Å². The summed E-state index contributed by atoms with van der Waals surface area (Å²) in [5.41, 5.74) is 0.391. The number of ether oxygens (including phenoxy) is 2. The van der Waals surface area contributed by atoms with Crippen molar-refractivity contribution in [1.82, 2.24) is 0 Å². The van der Waals surface area contributed by atoms with E-state index in [2.05, 4.69) is 0 Å². The van der Waals surface area contributed by atoms with E-state index in [0.717, 1.165) is 0 Å². The molecule has 0 N–H and O–H groups in total. The quantitative estimate of drug-likeness (QED) is 0.769. The van der Waals surface area contributed by atoms with Crippen LogP contribution in [0.1, 0.15) is 0 Å². The van der Waals surface area contributed by atoms with Gasteiger partial charge in [-0.1, -0.05) is 46.4 Å². The molecule has 1 aromatic rings. The van der Waals surface area contributed by atoms with E-state index < -0.39 is 11.8 Å². The van der Waals surface area contributed by atoms with Crippen LogP contribution >= 0.6 is 46.4 Å². The highest BCUT2D eigenvalue weighted by Gasteiger charge is 2.53. The molecule has 1 amide bonds. The summed E-state index contributed by atoms with van der Waals surface area (Å²) in [6, 6.07) is 4.62. The highest BCUT2D eigenvalue weighted by atomic mass is 35.5. The van der Waals surface area contributed by atoms with Crippen molar-refractivity contribution < 1.29 is 14.3 Å². The van der Waals surface area contributed by atoms with Gasteiger partial charge in [0, 0.05) is 14.2 Å². The van der Waals surface area contributed by atoms with Crippen LogP contribution in [0.2, 0.25) is 10.0 Å². The van der Waals surface area contributed by atoms with Crippen molar-refractivity contribution in [2.24, 2.45) is 0 Å². The van der Waals surface area contributed by atoms with E-state index in [4.69, 9.17) is 55.9 Å². The van der Waals surface area contributed by atoms with Gasteiger partial charge in [0.2, 0.25) is 0 Å². The number of hydrogen-bond donors (Lipinski definition) is 0. The molecule has 0 unspecified atom stereocenters. The molecule has 1 heterocycles. The molecule has 0 atom stereocenters. The molecule has 20 heavy (non-hydrogen) atoms. The van der Waals surface area contributed by atoms with E-state index in [9.17, 15) is 4.79 Å². The van der Waals surface area contributed by atoms with Gasteiger partial charge >= 0.3 is 0 Å². The van der Waals surface area contributed by atoms with Crippen LogP contribution in [0.4, 0.5) is 5.69 Å². The minimum Gasteiger partial charge on any atom is -0.331 e. The predicted molar refractivity (Wildman–Crippen MR) is 79.4 cm³/mol. The third-order valence-electron chi connectivity index (χ3n) is 2.87. The molecule has 4 nitrogen and oxygen atoms in total. The molecular formula is C12H9Cl4NO3. The first-order chi connectivity index (χ1) is 9.39. The zero-order valence-electron chi connectivity index (χ0n) is 10.4. The van der Waals surface area contributed by atoms with Crippen LogP contribution in [-0.4, -0.2) is 26.0 Å². The monoisotopic (exact) mass is 355 g/mol. The molecule has 2 rings (SSSR count). The van der Waals surface area contributed by atoms with Gasteiger partial charge in [-0.2, -0.15) is 0 Å². The third-order valence-corrected chi connectivity index (χ3v) is 4.48. The van der Waals surface area contributed by atoms with E-state index >= 15 is 0 Å². The molecular weight excluding hydrogens is 348 g/mol. The maximum atomic E-state index is 12.3. The highest BCUT2D eigenvalue weighted by Crippen LogP contribution is 2.44. The fourth-order valence-corrected chi connectivity index (χ4v) is 2.73. The van der Waals surface area contributed by atoms with Crippen LogP contribution in [0.5, 0.6) is 0 Å². The van der Waals surface area contributed by atoms with Gasteiger partial charge in [0.1, 0.15) is 10.1 Å². The molecule has 1 aromatic carbocycles. The normalized spacial score (nSPS) is 18.1. The van der Waals surface area contributed by atoms with Crippen LogP contribution in [0.15, 0.2) is 28.3 Å². The van der Waals surface area contributed by atoms with Gasteiger partial charge in [0.05, 0.1) is 15.7 Å². The van der Waals surface area contributed by atoms with Gasteiger partial charge in [-0.05, 0) is 18.2 Å². The van der Waals surface area contributed by atoms with Crippen molar-refractivity contribution in [3.63, 3.8) is 0 Å². The molecule has 0 bridgehead atoms. The number of carbonyl (C=O) groups is 1. The Bertz CT molecular complexity index is 598. The second-order valence-corrected chi connectivity index (χ2v) is 5.43. The summed E-state index contributed by atoms with van der Waals surface area (Å²) >= 11 is 23.8. The van der Waals surface area contributed by atoms with Gasteiger partial charge in [-0.25, -0.2) is 4.90 Å². The Balaban J connectivity index is 2.60. The zero-order chi connectivity index (χ0) is 15.1. The maximum Gasteiger partial charge on any atom is 0.299 e. The lowest BCUT2D eigenvalue weighted by atomic mass is 10.2. The van der Waals surface area contributed by atoms with Crippen molar-refractivity contribution in [2.75, 3.05) is 19.1 Å². The lowest BCUT2D eigenvalue weighted by Crippen LogP contribution is -2.51. The molecule has 0 saturated heterocycles. The molecule has 0 aliphatic carbocycles. The van der Waals surface area contributed by atoms with Crippen LogP contribution in [0.3, 0.4) is 0 Å². The topological polar surface area (TPSA) is 38.8 Å². The molecule has 1 aliphatic rings. The van der Waals surface area contributed by atoms with Crippen molar-refractivity contribution >= 4 is 58.0 Å². The summed E-state index contributed by atoms with van der Waals surface area (Å²) in [5.74, 6) is -2.17. The van der Waals surface area contributed by atoms with Gasteiger partial charge < -0.3 is 9.47 Å². The highest BCUT2D eigenvalue weighted by molar-refractivity contribution is 6.52. The Morgan fingerprint density at radius 3 is 2.15 bits per heavy atom. The standard InChI is InChI=1S/C12H9Cl4NO3/c1-19-12(20-2)10(16)9(15)11(18)17(12)6-3-4-7(13)8(14)5-6/h3-5H,1-2H3. The van der Waals surface area contributed by atoms with Crippen molar-refractivity contribution in [1.29, 1.82) is 0 Å². The number of carbonyl (C=O) groups excluding carboxylic acids is 1.